The molecular weight excluding hydrogens is 324 g/mol. The summed E-state index contributed by atoms with van der Waals surface area (Å²) in [5.41, 5.74) is 2.60. The third kappa shape index (κ3) is 2.78. The van der Waals surface area contributed by atoms with Gasteiger partial charge in [0.05, 0.1) is 22.9 Å². The molecule has 2 heterocycles. The highest BCUT2D eigenvalue weighted by atomic mass is 32.2. The Morgan fingerprint density at radius 1 is 1.12 bits per heavy atom. The zero-order valence-electron chi connectivity index (χ0n) is 12.9. The second-order valence-corrected chi connectivity index (χ2v) is 7.76. The van der Waals surface area contributed by atoms with Crippen LogP contribution in [0.4, 0.5) is 5.69 Å². The molecule has 7 heteroatoms. The zero-order valence-corrected chi connectivity index (χ0v) is 13.7. The van der Waals surface area contributed by atoms with Crippen molar-refractivity contribution in [1.29, 1.82) is 0 Å². The molecular formula is C17H16N4O2S. The van der Waals surface area contributed by atoms with Crippen molar-refractivity contribution in [3.8, 4) is 5.69 Å². The SMILES string of the molecule is O=S1(=O)CCc2ccc(NCc3ncn(-c4ccccc4)n3)cc21. The maximum atomic E-state index is 12.0. The fraction of sp³-hybridized carbons (Fsp3) is 0.176. The predicted molar refractivity (Wildman–Crippen MR) is 90.9 cm³/mol. The molecule has 122 valence electrons. The first-order valence-electron chi connectivity index (χ1n) is 7.67. The van der Waals surface area contributed by atoms with Crippen molar-refractivity contribution in [2.24, 2.45) is 0 Å². The topological polar surface area (TPSA) is 76.9 Å². The van der Waals surface area contributed by atoms with Gasteiger partial charge in [-0.2, -0.15) is 0 Å². The van der Waals surface area contributed by atoms with Crippen LogP contribution < -0.4 is 5.32 Å². The molecule has 0 spiro atoms. The molecule has 1 aliphatic rings. The number of rotatable bonds is 4. The molecule has 2 aromatic carbocycles. The number of aromatic nitrogens is 3. The molecule has 6 nitrogen and oxygen atoms in total. The second kappa shape index (κ2) is 5.76. The Balaban J connectivity index is 1.49. The molecule has 24 heavy (non-hydrogen) atoms. The maximum Gasteiger partial charge on any atom is 0.179 e. The minimum Gasteiger partial charge on any atom is -0.378 e. The van der Waals surface area contributed by atoms with Crippen molar-refractivity contribution in [2.75, 3.05) is 11.1 Å². The summed E-state index contributed by atoms with van der Waals surface area (Å²) in [7, 11) is -3.12. The first-order valence-corrected chi connectivity index (χ1v) is 9.32. The van der Waals surface area contributed by atoms with E-state index in [0.29, 0.717) is 23.7 Å². The van der Waals surface area contributed by atoms with E-state index < -0.39 is 9.84 Å². The largest absolute Gasteiger partial charge is 0.378 e. The first kappa shape index (κ1) is 14.9. The van der Waals surface area contributed by atoms with Crippen LogP contribution in [0.3, 0.4) is 0 Å². The lowest BCUT2D eigenvalue weighted by atomic mass is 10.1. The van der Waals surface area contributed by atoms with Gasteiger partial charge in [0.25, 0.3) is 0 Å². The summed E-state index contributed by atoms with van der Waals surface area (Å²) in [6, 6.07) is 15.2. The van der Waals surface area contributed by atoms with Crippen molar-refractivity contribution in [3.05, 3.63) is 66.2 Å². The van der Waals surface area contributed by atoms with Crippen LogP contribution >= 0.6 is 0 Å². The van der Waals surface area contributed by atoms with E-state index in [1.54, 1.807) is 17.1 Å². The van der Waals surface area contributed by atoms with E-state index in [4.69, 9.17) is 0 Å². The summed E-state index contributed by atoms with van der Waals surface area (Å²) >= 11 is 0. The number of sulfone groups is 1. The molecule has 0 saturated heterocycles. The van der Waals surface area contributed by atoms with Crippen LogP contribution in [0.5, 0.6) is 0 Å². The number of anilines is 1. The standard InChI is InChI=1S/C17H16N4O2S/c22-24(23)9-8-13-6-7-14(10-16(13)24)18-11-17-19-12-21(20-17)15-4-2-1-3-5-15/h1-7,10,12,18H,8-9,11H2. The summed E-state index contributed by atoms with van der Waals surface area (Å²) < 4.78 is 25.7. The summed E-state index contributed by atoms with van der Waals surface area (Å²) in [6.07, 6.45) is 2.26. The maximum absolute atomic E-state index is 12.0. The molecule has 1 aliphatic heterocycles. The summed E-state index contributed by atoms with van der Waals surface area (Å²) in [6.45, 7) is 0.429. The van der Waals surface area contributed by atoms with E-state index in [9.17, 15) is 8.42 Å². The average molecular weight is 340 g/mol. The summed E-state index contributed by atoms with van der Waals surface area (Å²) in [5.74, 6) is 0.844. The number of benzene rings is 2. The number of aryl methyl sites for hydroxylation is 1. The Hall–Kier alpha value is -2.67. The molecule has 1 N–H and O–H groups in total. The van der Waals surface area contributed by atoms with Crippen molar-refractivity contribution in [3.63, 3.8) is 0 Å². The van der Waals surface area contributed by atoms with Crippen LogP contribution in [0.1, 0.15) is 11.4 Å². The van der Waals surface area contributed by atoms with E-state index in [1.165, 1.54) is 0 Å². The van der Waals surface area contributed by atoms with E-state index in [-0.39, 0.29) is 5.75 Å². The predicted octanol–water partition coefficient (Wildman–Crippen LogP) is 2.21. The number of para-hydroxylation sites is 1. The third-order valence-corrected chi connectivity index (χ3v) is 5.84. The highest BCUT2D eigenvalue weighted by Gasteiger charge is 2.26. The summed E-state index contributed by atoms with van der Waals surface area (Å²) in [5, 5.41) is 7.61. The first-order chi connectivity index (χ1) is 11.6. The van der Waals surface area contributed by atoms with Crippen molar-refractivity contribution in [1.82, 2.24) is 14.8 Å². The van der Waals surface area contributed by atoms with Crippen LogP contribution in [0.15, 0.2) is 59.8 Å². The van der Waals surface area contributed by atoms with Crippen LogP contribution in [-0.2, 0) is 22.8 Å². The van der Waals surface area contributed by atoms with Crippen LogP contribution in [0.2, 0.25) is 0 Å². The van der Waals surface area contributed by atoms with E-state index in [1.807, 2.05) is 42.5 Å². The van der Waals surface area contributed by atoms with E-state index >= 15 is 0 Å². The van der Waals surface area contributed by atoms with Gasteiger partial charge in [0.15, 0.2) is 15.7 Å². The normalized spacial score (nSPS) is 15.2. The highest BCUT2D eigenvalue weighted by Crippen LogP contribution is 2.28. The molecule has 1 aromatic heterocycles. The molecule has 0 unspecified atom stereocenters. The Kier molecular flexibility index (Phi) is 3.57. The number of nitrogens with zero attached hydrogens (tertiary/aromatic N) is 3. The van der Waals surface area contributed by atoms with E-state index in [2.05, 4.69) is 15.4 Å². The molecule has 3 aromatic rings. The quantitative estimate of drug-likeness (QED) is 0.788. The molecule has 0 bridgehead atoms. The number of hydrogen-bond donors (Lipinski definition) is 1. The lowest BCUT2D eigenvalue weighted by Crippen LogP contribution is -2.04. The van der Waals surface area contributed by atoms with Crippen molar-refractivity contribution >= 4 is 15.5 Å². The molecule has 0 radical (unpaired) electrons. The van der Waals surface area contributed by atoms with Gasteiger partial charge in [0.1, 0.15) is 6.33 Å². The van der Waals surface area contributed by atoms with Gasteiger partial charge >= 0.3 is 0 Å². The average Bonchev–Trinajstić information content (AvgIpc) is 3.19. The Labute approximate surface area is 140 Å². The van der Waals surface area contributed by atoms with Gasteiger partial charge in [-0.1, -0.05) is 24.3 Å². The van der Waals surface area contributed by atoms with Crippen LogP contribution in [0.25, 0.3) is 5.69 Å². The number of fused-ring (bicyclic) bond motifs is 1. The highest BCUT2D eigenvalue weighted by molar-refractivity contribution is 7.91. The Morgan fingerprint density at radius 2 is 1.96 bits per heavy atom. The van der Waals surface area contributed by atoms with Gasteiger partial charge in [-0.05, 0) is 36.2 Å². The summed E-state index contributed by atoms with van der Waals surface area (Å²) in [4.78, 5) is 4.72. The van der Waals surface area contributed by atoms with Crippen LogP contribution in [-0.4, -0.2) is 28.9 Å². The lowest BCUT2D eigenvalue weighted by molar-refractivity contribution is 0.600. The molecule has 0 aliphatic carbocycles. The van der Waals surface area contributed by atoms with Gasteiger partial charge in [-0.25, -0.2) is 18.1 Å². The molecule has 0 amide bonds. The Morgan fingerprint density at radius 3 is 2.79 bits per heavy atom. The second-order valence-electron chi connectivity index (χ2n) is 5.69. The fourth-order valence-corrected chi connectivity index (χ4v) is 4.36. The van der Waals surface area contributed by atoms with Crippen molar-refractivity contribution in [2.45, 2.75) is 17.9 Å². The van der Waals surface area contributed by atoms with Crippen molar-refractivity contribution < 1.29 is 8.42 Å². The third-order valence-electron chi connectivity index (χ3n) is 4.05. The van der Waals surface area contributed by atoms with Crippen LogP contribution in [0, 0.1) is 0 Å². The van der Waals surface area contributed by atoms with Gasteiger partial charge in [-0.15, -0.1) is 5.10 Å². The minimum atomic E-state index is -3.12. The molecule has 4 rings (SSSR count). The fourth-order valence-electron chi connectivity index (χ4n) is 2.78. The van der Waals surface area contributed by atoms with E-state index in [0.717, 1.165) is 16.9 Å². The number of nitrogens with one attached hydrogen (secondary N) is 1. The molecule has 0 fully saturated rings. The minimum absolute atomic E-state index is 0.203. The molecule has 0 saturated carbocycles. The van der Waals surface area contributed by atoms with Gasteiger partial charge < -0.3 is 5.32 Å². The van der Waals surface area contributed by atoms with Gasteiger partial charge in [-0.3, -0.25) is 0 Å². The molecule has 0 atom stereocenters. The van der Waals surface area contributed by atoms with Gasteiger partial charge in [0.2, 0.25) is 0 Å². The monoisotopic (exact) mass is 340 g/mol. The zero-order chi connectivity index (χ0) is 16.6. The Bertz CT molecular complexity index is 981. The smallest absolute Gasteiger partial charge is 0.179 e. The number of hydrogen-bond acceptors (Lipinski definition) is 5. The van der Waals surface area contributed by atoms with Gasteiger partial charge in [0, 0.05) is 5.69 Å². The lowest BCUT2D eigenvalue weighted by Gasteiger charge is -2.06.